The van der Waals surface area contributed by atoms with Crippen molar-refractivity contribution < 1.29 is 14.3 Å². The second-order valence-corrected chi connectivity index (χ2v) is 7.64. The Morgan fingerprint density at radius 1 is 1.33 bits per heavy atom. The zero-order valence-corrected chi connectivity index (χ0v) is 14.7. The summed E-state index contributed by atoms with van der Waals surface area (Å²) in [5, 5.41) is 0. The Hall–Kier alpha value is -1.95. The van der Waals surface area contributed by atoms with Crippen molar-refractivity contribution in [2.45, 2.75) is 33.1 Å². The van der Waals surface area contributed by atoms with Gasteiger partial charge in [-0.1, -0.05) is 26.8 Å². The molecule has 2 atom stereocenters. The normalized spacial score (nSPS) is 21.0. The van der Waals surface area contributed by atoms with Gasteiger partial charge in [0.1, 0.15) is 6.61 Å². The predicted molar refractivity (Wildman–Crippen MR) is 91.1 cm³/mol. The molecule has 1 aliphatic rings. The standard InChI is InChI=1S/C18H27N3O3/c1-18(2,3)8-17(23)21-9-13(11-24-12-16(19)22)14(10-21)15-6-4-5-7-20-15/h4-7,13-14H,8-12H2,1-3H3,(H2,19,22)/t13-,14+/m0/s1. The summed E-state index contributed by atoms with van der Waals surface area (Å²) in [4.78, 5) is 29.8. The number of hydrogen-bond donors (Lipinski definition) is 1. The van der Waals surface area contributed by atoms with Crippen molar-refractivity contribution in [3.8, 4) is 0 Å². The topological polar surface area (TPSA) is 85.5 Å². The summed E-state index contributed by atoms with van der Waals surface area (Å²) in [5.74, 6) is -0.102. The van der Waals surface area contributed by atoms with Gasteiger partial charge in [-0.3, -0.25) is 14.6 Å². The maximum absolute atomic E-state index is 12.6. The number of pyridine rings is 1. The van der Waals surface area contributed by atoms with Crippen molar-refractivity contribution in [2.75, 3.05) is 26.3 Å². The van der Waals surface area contributed by atoms with Gasteiger partial charge in [0.05, 0.1) is 6.61 Å². The van der Waals surface area contributed by atoms with Gasteiger partial charge in [0.2, 0.25) is 11.8 Å². The molecule has 1 aliphatic heterocycles. The molecule has 2 N–H and O–H groups in total. The first-order valence-corrected chi connectivity index (χ1v) is 8.31. The van der Waals surface area contributed by atoms with Gasteiger partial charge in [-0.2, -0.15) is 0 Å². The Kier molecular flexibility index (Phi) is 5.94. The van der Waals surface area contributed by atoms with Crippen LogP contribution in [0.2, 0.25) is 0 Å². The number of likely N-dealkylation sites (tertiary alicyclic amines) is 1. The largest absolute Gasteiger partial charge is 0.371 e. The highest BCUT2D eigenvalue weighted by atomic mass is 16.5. The second kappa shape index (κ2) is 7.75. The summed E-state index contributed by atoms with van der Waals surface area (Å²) in [5.41, 5.74) is 6.04. The zero-order chi connectivity index (χ0) is 17.7. The molecule has 0 spiro atoms. The molecule has 1 saturated heterocycles. The van der Waals surface area contributed by atoms with Gasteiger partial charge in [-0.25, -0.2) is 0 Å². The summed E-state index contributed by atoms with van der Waals surface area (Å²) >= 11 is 0. The van der Waals surface area contributed by atoms with Gasteiger partial charge in [-0.15, -0.1) is 0 Å². The zero-order valence-electron chi connectivity index (χ0n) is 14.7. The van der Waals surface area contributed by atoms with E-state index in [9.17, 15) is 9.59 Å². The molecular weight excluding hydrogens is 306 g/mol. The van der Waals surface area contributed by atoms with Crippen LogP contribution in [-0.2, 0) is 14.3 Å². The number of ether oxygens (including phenoxy) is 1. The summed E-state index contributed by atoms with van der Waals surface area (Å²) in [7, 11) is 0. The van der Waals surface area contributed by atoms with Crippen molar-refractivity contribution in [2.24, 2.45) is 17.1 Å². The quantitative estimate of drug-likeness (QED) is 0.856. The third-order valence-corrected chi connectivity index (χ3v) is 4.12. The smallest absolute Gasteiger partial charge is 0.243 e. The molecule has 1 aromatic rings. The number of rotatable bonds is 6. The fraction of sp³-hybridized carbons (Fsp3) is 0.611. The Morgan fingerprint density at radius 3 is 2.67 bits per heavy atom. The molecule has 6 heteroatoms. The summed E-state index contributed by atoms with van der Waals surface area (Å²) in [6.07, 6.45) is 2.27. The monoisotopic (exact) mass is 333 g/mol. The van der Waals surface area contributed by atoms with E-state index in [1.165, 1.54) is 0 Å². The number of primary amides is 1. The number of aromatic nitrogens is 1. The van der Waals surface area contributed by atoms with Crippen molar-refractivity contribution in [1.29, 1.82) is 0 Å². The van der Waals surface area contributed by atoms with Gasteiger partial charge in [0.15, 0.2) is 0 Å². The molecule has 6 nitrogen and oxygen atoms in total. The lowest BCUT2D eigenvalue weighted by molar-refractivity contribution is -0.132. The number of amides is 2. The molecule has 0 aromatic carbocycles. The maximum atomic E-state index is 12.6. The molecule has 24 heavy (non-hydrogen) atoms. The average Bonchev–Trinajstić information content (AvgIpc) is 2.90. The Morgan fingerprint density at radius 2 is 2.08 bits per heavy atom. The van der Waals surface area contributed by atoms with Crippen molar-refractivity contribution in [3.63, 3.8) is 0 Å². The van der Waals surface area contributed by atoms with E-state index < -0.39 is 5.91 Å². The van der Waals surface area contributed by atoms with E-state index >= 15 is 0 Å². The molecular formula is C18H27N3O3. The minimum Gasteiger partial charge on any atom is -0.371 e. The Balaban J connectivity index is 2.07. The predicted octanol–water partition coefficient (Wildman–Crippen LogP) is 1.56. The molecule has 1 fully saturated rings. The summed E-state index contributed by atoms with van der Waals surface area (Å²) in [6.45, 7) is 7.73. The molecule has 0 saturated carbocycles. The van der Waals surface area contributed by atoms with E-state index in [1.807, 2.05) is 23.1 Å². The molecule has 132 valence electrons. The second-order valence-electron chi connectivity index (χ2n) is 7.64. The number of carbonyl (C=O) groups excluding carboxylic acids is 2. The van der Waals surface area contributed by atoms with Gasteiger partial charge in [0, 0.05) is 43.2 Å². The minimum atomic E-state index is -0.483. The van der Waals surface area contributed by atoms with E-state index in [0.717, 1.165) is 5.69 Å². The van der Waals surface area contributed by atoms with Crippen LogP contribution in [0.4, 0.5) is 0 Å². The van der Waals surface area contributed by atoms with Crippen molar-refractivity contribution >= 4 is 11.8 Å². The summed E-state index contributed by atoms with van der Waals surface area (Å²) < 4.78 is 5.42. The molecule has 1 aromatic heterocycles. The number of nitrogens with two attached hydrogens (primary N) is 1. The van der Waals surface area contributed by atoms with Crippen LogP contribution in [0.5, 0.6) is 0 Å². The summed E-state index contributed by atoms with van der Waals surface area (Å²) in [6, 6.07) is 5.80. The lowest BCUT2D eigenvalue weighted by atomic mass is 9.91. The van der Waals surface area contributed by atoms with Crippen LogP contribution in [0, 0.1) is 11.3 Å². The van der Waals surface area contributed by atoms with Crippen LogP contribution >= 0.6 is 0 Å². The highest BCUT2D eigenvalue weighted by molar-refractivity contribution is 5.77. The fourth-order valence-electron chi connectivity index (χ4n) is 3.05. The first-order valence-electron chi connectivity index (χ1n) is 8.31. The molecule has 2 rings (SSSR count). The van der Waals surface area contributed by atoms with E-state index in [1.54, 1.807) is 6.20 Å². The van der Waals surface area contributed by atoms with E-state index in [-0.39, 0.29) is 29.8 Å². The van der Waals surface area contributed by atoms with E-state index in [2.05, 4.69) is 25.8 Å². The third-order valence-electron chi connectivity index (χ3n) is 4.12. The molecule has 0 unspecified atom stereocenters. The first-order chi connectivity index (χ1) is 11.3. The van der Waals surface area contributed by atoms with Crippen LogP contribution in [0.25, 0.3) is 0 Å². The molecule has 0 radical (unpaired) electrons. The van der Waals surface area contributed by atoms with Crippen LogP contribution in [0.15, 0.2) is 24.4 Å². The SMILES string of the molecule is CC(C)(C)CC(=O)N1C[C@@H](COCC(N)=O)[C@H](c2ccccn2)C1. The lowest BCUT2D eigenvalue weighted by Crippen LogP contribution is -2.32. The third kappa shape index (κ3) is 5.30. The average molecular weight is 333 g/mol. The highest BCUT2D eigenvalue weighted by Gasteiger charge is 2.37. The minimum absolute atomic E-state index is 0.0435. The Bertz CT molecular complexity index is 569. The van der Waals surface area contributed by atoms with Crippen LogP contribution < -0.4 is 5.73 Å². The maximum Gasteiger partial charge on any atom is 0.243 e. The van der Waals surface area contributed by atoms with Crippen molar-refractivity contribution in [3.05, 3.63) is 30.1 Å². The fourth-order valence-corrected chi connectivity index (χ4v) is 3.05. The highest BCUT2D eigenvalue weighted by Crippen LogP contribution is 2.33. The van der Waals surface area contributed by atoms with Gasteiger partial charge in [0.25, 0.3) is 0 Å². The molecule has 0 aliphatic carbocycles. The van der Waals surface area contributed by atoms with Crippen molar-refractivity contribution in [1.82, 2.24) is 9.88 Å². The van der Waals surface area contributed by atoms with Gasteiger partial charge in [-0.05, 0) is 17.5 Å². The first kappa shape index (κ1) is 18.4. The number of nitrogens with zero attached hydrogens (tertiary/aromatic N) is 2. The van der Waals surface area contributed by atoms with Crippen LogP contribution in [-0.4, -0.2) is 48.0 Å². The lowest BCUT2D eigenvalue weighted by Gasteiger charge is -2.23. The molecule has 0 bridgehead atoms. The Labute approximate surface area is 143 Å². The van der Waals surface area contributed by atoms with E-state index in [4.69, 9.17) is 10.5 Å². The number of carbonyl (C=O) groups is 2. The van der Waals surface area contributed by atoms with Crippen LogP contribution in [0.1, 0.15) is 38.8 Å². The molecule has 2 heterocycles. The van der Waals surface area contributed by atoms with Gasteiger partial charge < -0.3 is 15.4 Å². The van der Waals surface area contributed by atoms with E-state index in [0.29, 0.717) is 26.1 Å². The van der Waals surface area contributed by atoms with Gasteiger partial charge >= 0.3 is 0 Å². The van der Waals surface area contributed by atoms with Crippen LogP contribution in [0.3, 0.4) is 0 Å². The number of hydrogen-bond acceptors (Lipinski definition) is 4. The molecule has 2 amide bonds.